The van der Waals surface area contributed by atoms with Gasteiger partial charge in [0, 0.05) is 45.0 Å². The molecule has 122 valence electrons. The Morgan fingerprint density at radius 3 is 3.00 bits per heavy atom. The molecule has 1 fully saturated rings. The lowest BCUT2D eigenvalue weighted by Gasteiger charge is -2.17. The molecule has 1 aliphatic rings. The molecule has 0 bridgehead atoms. The van der Waals surface area contributed by atoms with Crippen LogP contribution in [0, 0.1) is 0 Å². The number of carbonyl (C=O) groups excluding carboxylic acids is 1. The maximum Gasteiger partial charge on any atom is 0.251 e. The number of aromatic nitrogens is 2. The van der Waals surface area contributed by atoms with Crippen molar-refractivity contribution in [2.45, 2.75) is 19.1 Å². The number of methoxy groups -OCH3 is 1. The second-order valence-electron chi connectivity index (χ2n) is 5.87. The summed E-state index contributed by atoms with van der Waals surface area (Å²) in [6, 6.07) is 7.72. The van der Waals surface area contributed by atoms with Crippen molar-refractivity contribution >= 4 is 11.6 Å². The predicted octanol–water partition coefficient (Wildman–Crippen LogP) is 1.58. The number of benzene rings is 1. The van der Waals surface area contributed by atoms with E-state index in [1.54, 1.807) is 11.8 Å². The minimum absolute atomic E-state index is 0.0318. The normalized spacial score (nSPS) is 17.5. The quantitative estimate of drug-likeness (QED) is 0.910. The minimum Gasteiger partial charge on any atom is -0.380 e. The van der Waals surface area contributed by atoms with Gasteiger partial charge in [0.15, 0.2) is 0 Å². The molecule has 1 unspecified atom stereocenters. The van der Waals surface area contributed by atoms with Crippen molar-refractivity contribution < 1.29 is 9.53 Å². The standard InChI is InChI=1S/C17H22N4O2/c1-20-11-15(9-18-20)21-8-7-14(10-21)19-17(22)16-6-4-3-5-13(16)12-23-2/h3-6,9,11,14H,7-8,10,12H2,1-2H3,(H,19,22). The minimum atomic E-state index is -0.0318. The van der Waals surface area contributed by atoms with Gasteiger partial charge in [0.1, 0.15) is 0 Å². The fourth-order valence-electron chi connectivity index (χ4n) is 2.97. The third-order valence-electron chi connectivity index (χ3n) is 4.14. The largest absolute Gasteiger partial charge is 0.380 e. The van der Waals surface area contributed by atoms with Crippen molar-refractivity contribution in [2.75, 3.05) is 25.1 Å². The zero-order chi connectivity index (χ0) is 16.2. The van der Waals surface area contributed by atoms with E-state index in [1.807, 2.05) is 43.7 Å². The van der Waals surface area contributed by atoms with Gasteiger partial charge in [0.05, 0.1) is 18.5 Å². The van der Waals surface area contributed by atoms with E-state index in [-0.39, 0.29) is 11.9 Å². The average molecular weight is 314 g/mol. The SMILES string of the molecule is COCc1ccccc1C(=O)NC1CCN(c2cnn(C)c2)C1. The molecule has 1 aromatic carbocycles. The van der Waals surface area contributed by atoms with Crippen LogP contribution < -0.4 is 10.2 Å². The molecule has 2 aromatic rings. The maximum atomic E-state index is 12.5. The summed E-state index contributed by atoms with van der Waals surface area (Å²) < 4.78 is 6.96. The lowest BCUT2D eigenvalue weighted by Crippen LogP contribution is -2.37. The molecule has 6 nitrogen and oxygen atoms in total. The number of nitrogens with one attached hydrogen (secondary N) is 1. The van der Waals surface area contributed by atoms with E-state index in [2.05, 4.69) is 15.3 Å². The number of nitrogens with zero attached hydrogens (tertiary/aromatic N) is 3. The van der Waals surface area contributed by atoms with Crippen LogP contribution in [0.25, 0.3) is 0 Å². The molecule has 0 radical (unpaired) electrons. The van der Waals surface area contributed by atoms with Gasteiger partial charge in [-0.15, -0.1) is 0 Å². The summed E-state index contributed by atoms with van der Waals surface area (Å²) in [6.07, 6.45) is 4.79. The van der Waals surface area contributed by atoms with Crippen LogP contribution in [0.2, 0.25) is 0 Å². The summed E-state index contributed by atoms with van der Waals surface area (Å²) in [7, 11) is 3.54. The van der Waals surface area contributed by atoms with Gasteiger partial charge in [-0.2, -0.15) is 5.10 Å². The Labute approximate surface area is 136 Å². The summed E-state index contributed by atoms with van der Waals surface area (Å²) >= 11 is 0. The first-order chi connectivity index (χ1) is 11.2. The summed E-state index contributed by atoms with van der Waals surface area (Å²) in [4.78, 5) is 14.8. The van der Waals surface area contributed by atoms with Gasteiger partial charge >= 0.3 is 0 Å². The van der Waals surface area contributed by atoms with E-state index in [4.69, 9.17) is 4.74 Å². The van der Waals surface area contributed by atoms with E-state index >= 15 is 0 Å². The highest BCUT2D eigenvalue weighted by atomic mass is 16.5. The van der Waals surface area contributed by atoms with Crippen molar-refractivity contribution in [3.63, 3.8) is 0 Å². The number of hydrogen-bond donors (Lipinski definition) is 1. The Morgan fingerprint density at radius 2 is 2.26 bits per heavy atom. The average Bonchev–Trinajstić information content (AvgIpc) is 3.17. The second kappa shape index (κ2) is 6.83. The van der Waals surface area contributed by atoms with Crippen LogP contribution in [-0.4, -0.2) is 41.9 Å². The van der Waals surface area contributed by atoms with E-state index in [0.29, 0.717) is 12.2 Å². The summed E-state index contributed by atoms with van der Waals surface area (Å²) in [5.41, 5.74) is 2.70. The van der Waals surface area contributed by atoms with Crippen LogP contribution in [0.3, 0.4) is 0 Å². The van der Waals surface area contributed by atoms with E-state index < -0.39 is 0 Å². The van der Waals surface area contributed by atoms with E-state index in [0.717, 1.165) is 30.8 Å². The molecule has 1 atom stereocenters. The van der Waals surface area contributed by atoms with Gasteiger partial charge < -0.3 is 15.0 Å². The number of amides is 1. The molecule has 0 aliphatic carbocycles. The Morgan fingerprint density at radius 1 is 1.43 bits per heavy atom. The van der Waals surface area contributed by atoms with Gasteiger partial charge in [0.25, 0.3) is 5.91 Å². The number of rotatable bonds is 5. The second-order valence-corrected chi connectivity index (χ2v) is 5.87. The van der Waals surface area contributed by atoms with Gasteiger partial charge in [-0.05, 0) is 18.1 Å². The number of carbonyl (C=O) groups is 1. The van der Waals surface area contributed by atoms with Gasteiger partial charge in [-0.3, -0.25) is 9.48 Å². The monoisotopic (exact) mass is 314 g/mol. The van der Waals surface area contributed by atoms with Crippen molar-refractivity contribution in [3.8, 4) is 0 Å². The molecule has 1 aliphatic heterocycles. The van der Waals surface area contributed by atoms with Crippen LogP contribution >= 0.6 is 0 Å². The van der Waals surface area contributed by atoms with Crippen molar-refractivity contribution in [2.24, 2.45) is 7.05 Å². The molecule has 6 heteroatoms. The predicted molar refractivity (Wildman–Crippen MR) is 88.4 cm³/mol. The molecule has 2 heterocycles. The van der Waals surface area contributed by atoms with Crippen LogP contribution in [0.5, 0.6) is 0 Å². The number of anilines is 1. The Balaban J connectivity index is 1.63. The molecular weight excluding hydrogens is 292 g/mol. The fraction of sp³-hybridized carbons (Fsp3) is 0.412. The first-order valence-electron chi connectivity index (χ1n) is 7.78. The summed E-state index contributed by atoms with van der Waals surface area (Å²) in [5, 5.41) is 7.34. The zero-order valence-electron chi connectivity index (χ0n) is 13.5. The van der Waals surface area contributed by atoms with Crippen molar-refractivity contribution in [3.05, 3.63) is 47.8 Å². The molecule has 3 rings (SSSR count). The van der Waals surface area contributed by atoms with Crippen LogP contribution in [0.4, 0.5) is 5.69 Å². The third kappa shape index (κ3) is 3.53. The number of ether oxygens (including phenoxy) is 1. The molecule has 1 N–H and O–H groups in total. The Kier molecular flexibility index (Phi) is 4.62. The van der Waals surface area contributed by atoms with Gasteiger partial charge in [-0.1, -0.05) is 18.2 Å². The molecule has 23 heavy (non-hydrogen) atoms. The molecule has 1 aromatic heterocycles. The summed E-state index contributed by atoms with van der Waals surface area (Å²) in [6.45, 7) is 2.18. The van der Waals surface area contributed by atoms with Gasteiger partial charge in [0.2, 0.25) is 0 Å². The van der Waals surface area contributed by atoms with E-state index in [9.17, 15) is 4.79 Å². The maximum absolute atomic E-state index is 12.5. The first-order valence-corrected chi connectivity index (χ1v) is 7.78. The van der Waals surface area contributed by atoms with Crippen LogP contribution in [0.15, 0.2) is 36.7 Å². The van der Waals surface area contributed by atoms with Crippen LogP contribution in [0.1, 0.15) is 22.3 Å². The van der Waals surface area contributed by atoms with Gasteiger partial charge in [-0.25, -0.2) is 0 Å². The molecule has 0 spiro atoms. The first kappa shape index (κ1) is 15.6. The smallest absolute Gasteiger partial charge is 0.251 e. The molecule has 1 amide bonds. The highest BCUT2D eigenvalue weighted by Gasteiger charge is 2.25. The van der Waals surface area contributed by atoms with E-state index in [1.165, 1.54) is 0 Å². The van der Waals surface area contributed by atoms with Crippen LogP contribution in [-0.2, 0) is 18.4 Å². The molecular formula is C17H22N4O2. The fourth-order valence-corrected chi connectivity index (χ4v) is 2.97. The Hall–Kier alpha value is -2.34. The van der Waals surface area contributed by atoms with Crippen molar-refractivity contribution in [1.29, 1.82) is 0 Å². The number of hydrogen-bond acceptors (Lipinski definition) is 4. The zero-order valence-corrected chi connectivity index (χ0v) is 13.5. The highest BCUT2D eigenvalue weighted by Crippen LogP contribution is 2.20. The highest BCUT2D eigenvalue weighted by molar-refractivity contribution is 5.95. The lowest BCUT2D eigenvalue weighted by molar-refractivity contribution is 0.0935. The number of aryl methyl sites for hydroxylation is 1. The summed E-state index contributed by atoms with van der Waals surface area (Å²) in [5.74, 6) is -0.0318. The molecule has 1 saturated heterocycles. The topological polar surface area (TPSA) is 59.4 Å². The third-order valence-corrected chi connectivity index (χ3v) is 4.14. The Bertz CT molecular complexity index is 683. The van der Waals surface area contributed by atoms with Crippen molar-refractivity contribution in [1.82, 2.24) is 15.1 Å². The molecule has 0 saturated carbocycles. The lowest BCUT2D eigenvalue weighted by atomic mass is 10.1.